The minimum atomic E-state index is 0.121. The van der Waals surface area contributed by atoms with Gasteiger partial charge in [0.2, 0.25) is 5.88 Å². The van der Waals surface area contributed by atoms with Crippen molar-refractivity contribution in [2.75, 3.05) is 0 Å². The van der Waals surface area contributed by atoms with Gasteiger partial charge in [-0.05, 0) is 36.5 Å². The first-order chi connectivity index (χ1) is 7.33. The van der Waals surface area contributed by atoms with Crippen LogP contribution >= 0.6 is 11.3 Å². The predicted octanol–water partition coefficient (Wildman–Crippen LogP) is 3.00. The lowest BCUT2D eigenvalue weighted by molar-refractivity contribution is 0.458. The van der Waals surface area contributed by atoms with E-state index in [-0.39, 0.29) is 5.88 Å². The maximum atomic E-state index is 9.21. The summed E-state index contributed by atoms with van der Waals surface area (Å²) in [6, 6.07) is 6.50. The molecule has 1 heterocycles. The molecule has 0 saturated carbocycles. The van der Waals surface area contributed by atoms with Crippen LogP contribution in [0.5, 0.6) is 5.88 Å². The molecule has 15 heavy (non-hydrogen) atoms. The van der Waals surface area contributed by atoms with E-state index in [9.17, 15) is 5.11 Å². The van der Waals surface area contributed by atoms with E-state index in [0.717, 1.165) is 10.6 Å². The minimum Gasteiger partial charge on any atom is -0.493 e. The van der Waals surface area contributed by atoms with E-state index < -0.39 is 0 Å². The van der Waals surface area contributed by atoms with E-state index in [1.54, 1.807) is 5.38 Å². The fraction of sp³-hybridized carbons (Fsp3) is 0.250. The fourth-order valence-electron chi connectivity index (χ4n) is 2.10. The third-order valence-electron chi connectivity index (χ3n) is 2.84. The Balaban J connectivity index is 2.06. The summed E-state index contributed by atoms with van der Waals surface area (Å²) in [6.45, 7) is 0. The zero-order valence-corrected chi connectivity index (χ0v) is 9.05. The zero-order valence-electron chi connectivity index (χ0n) is 8.23. The number of thiazole rings is 1. The molecule has 0 amide bonds. The second kappa shape index (κ2) is 3.35. The van der Waals surface area contributed by atoms with Gasteiger partial charge in [-0.3, -0.25) is 0 Å². The zero-order chi connectivity index (χ0) is 10.3. The Morgan fingerprint density at radius 3 is 2.87 bits per heavy atom. The van der Waals surface area contributed by atoms with Gasteiger partial charge in [0.05, 0.1) is 5.38 Å². The third-order valence-corrected chi connectivity index (χ3v) is 3.72. The van der Waals surface area contributed by atoms with Crippen LogP contribution in [0.25, 0.3) is 10.6 Å². The maximum absolute atomic E-state index is 9.21. The number of aryl methyl sites for hydroxylation is 2. The number of aromatic hydroxyl groups is 1. The number of nitrogens with zero attached hydrogens (tertiary/aromatic N) is 1. The molecule has 0 bridgehead atoms. The Hall–Kier alpha value is -1.35. The highest BCUT2D eigenvalue weighted by molar-refractivity contribution is 7.13. The van der Waals surface area contributed by atoms with Crippen LogP contribution in [0.1, 0.15) is 17.5 Å². The maximum Gasteiger partial charge on any atom is 0.222 e. The summed E-state index contributed by atoms with van der Waals surface area (Å²) in [5.41, 5.74) is 4.04. The Bertz CT molecular complexity index is 504. The van der Waals surface area contributed by atoms with Crippen LogP contribution < -0.4 is 0 Å². The van der Waals surface area contributed by atoms with Crippen LogP contribution in [0.2, 0.25) is 0 Å². The van der Waals surface area contributed by atoms with Crippen LogP contribution in [0.4, 0.5) is 0 Å². The smallest absolute Gasteiger partial charge is 0.222 e. The highest BCUT2D eigenvalue weighted by Gasteiger charge is 2.12. The molecule has 2 nitrogen and oxygen atoms in total. The molecule has 1 aliphatic carbocycles. The molecular formula is C12H11NOS. The first-order valence-electron chi connectivity index (χ1n) is 5.09. The minimum absolute atomic E-state index is 0.121. The second-order valence-electron chi connectivity index (χ2n) is 3.85. The third kappa shape index (κ3) is 1.53. The van der Waals surface area contributed by atoms with Gasteiger partial charge < -0.3 is 5.11 Å². The van der Waals surface area contributed by atoms with Crippen molar-refractivity contribution in [2.45, 2.75) is 19.3 Å². The van der Waals surface area contributed by atoms with Crippen LogP contribution in [-0.4, -0.2) is 10.1 Å². The summed E-state index contributed by atoms with van der Waals surface area (Å²) >= 11 is 1.49. The molecule has 2 aromatic rings. The Morgan fingerprint density at radius 2 is 2.07 bits per heavy atom. The van der Waals surface area contributed by atoms with Crippen molar-refractivity contribution < 1.29 is 5.11 Å². The molecule has 0 radical (unpaired) electrons. The summed E-state index contributed by atoms with van der Waals surface area (Å²) in [5.74, 6) is 0.121. The standard InChI is InChI=1S/C12H11NOS/c14-11-7-15-12(13-11)10-5-4-8-2-1-3-9(8)6-10/h4-7,14H,1-3H2. The van der Waals surface area contributed by atoms with E-state index in [1.807, 2.05) is 0 Å². The van der Waals surface area contributed by atoms with Gasteiger partial charge in [-0.1, -0.05) is 12.1 Å². The molecule has 0 unspecified atom stereocenters. The number of rotatable bonds is 1. The average molecular weight is 217 g/mol. The molecule has 3 heteroatoms. The summed E-state index contributed by atoms with van der Waals surface area (Å²) in [7, 11) is 0. The number of fused-ring (bicyclic) bond motifs is 1. The van der Waals surface area contributed by atoms with Crippen molar-refractivity contribution in [1.82, 2.24) is 4.98 Å². The van der Waals surface area contributed by atoms with Crippen molar-refractivity contribution >= 4 is 11.3 Å². The Labute approximate surface area is 92.2 Å². The van der Waals surface area contributed by atoms with E-state index >= 15 is 0 Å². The second-order valence-corrected chi connectivity index (χ2v) is 4.71. The molecule has 1 N–H and O–H groups in total. The topological polar surface area (TPSA) is 33.1 Å². The summed E-state index contributed by atoms with van der Waals surface area (Å²) in [4.78, 5) is 4.08. The van der Waals surface area contributed by atoms with Crippen LogP contribution in [-0.2, 0) is 12.8 Å². The molecule has 3 rings (SSSR count). The van der Waals surface area contributed by atoms with E-state index in [0.29, 0.717) is 0 Å². The molecule has 0 saturated heterocycles. The van der Waals surface area contributed by atoms with Gasteiger partial charge in [0.25, 0.3) is 0 Å². The summed E-state index contributed by atoms with van der Waals surface area (Å²) in [6.07, 6.45) is 3.65. The quantitative estimate of drug-likeness (QED) is 0.796. The predicted molar refractivity (Wildman–Crippen MR) is 61.2 cm³/mol. The van der Waals surface area contributed by atoms with Gasteiger partial charge in [0, 0.05) is 5.56 Å². The Kier molecular flexibility index (Phi) is 1.99. The molecule has 0 atom stereocenters. The molecule has 0 spiro atoms. The first-order valence-corrected chi connectivity index (χ1v) is 5.97. The van der Waals surface area contributed by atoms with Crippen molar-refractivity contribution in [1.29, 1.82) is 0 Å². The molecule has 0 fully saturated rings. The van der Waals surface area contributed by atoms with E-state index in [1.165, 1.54) is 41.7 Å². The van der Waals surface area contributed by atoms with Crippen molar-refractivity contribution in [2.24, 2.45) is 0 Å². The summed E-state index contributed by atoms with van der Waals surface area (Å²) in [5, 5.41) is 11.8. The van der Waals surface area contributed by atoms with Gasteiger partial charge in [0.1, 0.15) is 5.01 Å². The van der Waals surface area contributed by atoms with Gasteiger partial charge >= 0.3 is 0 Å². The van der Waals surface area contributed by atoms with Crippen molar-refractivity contribution in [3.05, 3.63) is 34.7 Å². The van der Waals surface area contributed by atoms with E-state index in [2.05, 4.69) is 23.2 Å². The number of benzene rings is 1. The number of aromatic nitrogens is 1. The van der Waals surface area contributed by atoms with Crippen LogP contribution in [0, 0.1) is 0 Å². The molecule has 1 aromatic carbocycles. The highest BCUT2D eigenvalue weighted by Crippen LogP contribution is 2.30. The molecule has 1 aromatic heterocycles. The van der Waals surface area contributed by atoms with E-state index in [4.69, 9.17) is 0 Å². The van der Waals surface area contributed by atoms with Gasteiger partial charge in [-0.2, -0.15) is 0 Å². The fourth-order valence-corrected chi connectivity index (χ4v) is 2.78. The van der Waals surface area contributed by atoms with Gasteiger partial charge in [-0.15, -0.1) is 11.3 Å². The monoisotopic (exact) mass is 217 g/mol. The Morgan fingerprint density at radius 1 is 1.20 bits per heavy atom. The number of hydrogen-bond donors (Lipinski definition) is 1. The van der Waals surface area contributed by atoms with Crippen molar-refractivity contribution in [3.63, 3.8) is 0 Å². The summed E-state index contributed by atoms with van der Waals surface area (Å²) < 4.78 is 0. The molecule has 0 aliphatic heterocycles. The number of hydrogen-bond acceptors (Lipinski definition) is 3. The lowest BCUT2D eigenvalue weighted by Crippen LogP contribution is -1.83. The molecular weight excluding hydrogens is 206 g/mol. The molecule has 76 valence electrons. The van der Waals surface area contributed by atoms with Gasteiger partial charge in [-0.25, -0.2) is 4.98 Å². The average Bonchev–Trinajstić information content (AvgIpc) is 2.84. The van der Waals surface area contributed by atoms with Crippen LogP contribution in [0.3, 0.4) is 0 Å². The highest BCUT2D eigenvalue weighted by atomic mass is 32.1. The van der Waals surface area contributed by atoms with Gasteiger partial charge in [0.15, 0.2) is 0 Å². The SMILES string of the molecule is Oc1csc(-c2ccc3c(c2)CCC3)n1. The largest absolute Gasteiger partial charge is 0.493 e. The van der Waals surface area contributed by atoms with Crippen LogP contribution in [0.15, 0.2) is 23.6 Å². The van der Waals surface area contributed by atoms with Crippen molar-refractivity contribution in [3.8, 4) is 16.5 Å². The first kappa shape index (κ1) is 8.92. The molecule has 1 aliphatic rings. The lowest BCUT2D eigenvalue weighted by Gasteiger charge is -2.01. The normalized spacial score (nSPS) is 14.1. The lowest BCUT2D eigenvalue weighted by atomic mass is 10.1.